The Kier molecular flexibility index (Phi) is 4.82. The highest BCUT2D eigenvalue weighted by Gasteiger charge is 2.13. The van der Waals surface area contributed by atoms with Crippen molar-refractivity contribution in [3.05, 3.63) is 34.9 Å². The lowest BCUT2D eigenvalue weighted by Gasteiger charge is -2.20. The van der Waals surface area contributed by atoms with Crippen LogP contribution in [0.2, 0.25) is 5.02 Å². The monoisotopic (exact) mass is 240 g/mol. The number of benzene rings is 1. The molecule has 0 spiro atoms. The molecular formula is C14H21ClO. The molecule has 0 radical (unpaired) electrons. The fourth-order valence-electron chi connectivity index (χ4n) is 1.64. The number of hydrogen-bond donors (Lipinski definition) is 1. The highest BCUT2D eigenvalue weighted by molar-refractivity contribution is 6.30. The first-order valence-electron chi connectivity index (χ1n) is 5.79. The Morgan fingerprint density at radius 1 is 1.31 bits per heavy atom. The zero-order valence-electron chi connectivity index (χ0n) is 10.3. The van der Waals surface area contributed by atoms with Gasteiger partial charge in [0.05, 0.1) is 6.10 Å². The van der Waals surface area contributed by atoms with E-state index in [1.54, 1.807) is 0 Å². The molecule has 0 saturated carbocycles. The van der Waals surface area contributed by atoms with Gasteiger partial charge in [0.25, 0.3) is 0 Å². The Bertz CT molecular complexity index is 328. The third-order valence-electron chi connectivity index (χ3n) is 2.59. The van der Waals surface area contributed by atoms with E-state index in [0.717, 1.165) is 23.4 Å². The van der Waals surface area contributed by atoms with Gasteiger partial charge in [-0.25, -0.2) is 0 Å². The molecule has 0 aliphatic heterocycles. The van der Waals surface area contributed by atoms with Crippen molar-refractivity contribution >= 4 is 11.6 Å². The highest BCUT2D eigenvalue weighted by atomic mass is 35.5. The van der Waals surface area contributed by atoms with Crippen molar-refractivity contribution in [2.24, 2.45) is 5.41 Å². The molecule has 1 N–H and O–H groups in total. The van der Waals surface area contributed by atoms with Crippen molar-refractivity contribution in [3.63, 3.8) is 0 Å². The van der Waals surface area contributed by atoms with Crippen molar-refractivity contribution in [2.45, 2.75) is 46.1 Å². The van der Waals surface area contributed by atoms with Crippen LogP contribution in [0.25, 0.3) is 0 Å². The van der Waals surface area contributed by atoms with E-state index in [4.69, 9.17) is 11.6 Å². The Labute approximate surface area is 103 Å². The van der Waals surface area contributed by atoms with Gasteiger partial charge >= 0.3 is 0 Å². The molecule has 1 aromatic rings. The maximum absolute atomic E-state index is 9.91. The van der Waals surface area contributed by atoms with Crippen molar-refractivity contribution in [1.29, 1.82) is 0 Å². The van der Waals surface area contributed by atoms with Gasteiger partial charge in [-0.3, -0.25) is 0 Å². The molecule has 1 rings (SSSR count). The van der Waals surface area contributed by atoms with Crippen LogP contribution in [0.15, 0.2) is 24.3 Å². The van der Waals surface area contributed by atoms with Gasteiger partial charge in [0.2, 0.25) is 0 Å². The summed E-state index contributed by atoms with van der Waals surface area (Å²) < 4.78 is 0. The van der Waals surface area contributed by atoms with Gasteiger partial charge in [0, 0.05) is 5.02 Å². The van der Waals surface area contributed by atoms with Gasteiger partial charge in [0.1, 0.15) is 0 Å². The lowest BCUT2D eigenvalue weighted by atomic mass is 9.88. The first kappa shape index (κ1) is 13.5. The lowest BCUT2D eigenvalue weighted by molar-refractivity contribution is 0.146. The van der Waals surface area contributed by atoms with Gasteiger partial charge in [-0.15, -0.1) is 0 Å². The summed E-state index contributed by atoms with van der Waals surface area (Å²) in [6.07, 6.45) is 2.30. The van der Waals surface area contributed by atoms with Crippen LogP contribution >= 0.6 is 11.6 Å². The number of hydrogen-bond acceptors (Lipinski definition) is 1. The molecule has 2 heteroatoms. The molecule has 0 fully saturated rings. The predicted molar refractivity (Wildman–Crippen MR) is 69.9 cm³/mol. The summed E-state index contributed by atoms with van der Waals surface area (Å²) in [5.41, 5.74) is 1.39. The quantitative estimate of drug-likeness (QED) is 0.841. The second-order valence-electron chi connectivity index (χ2n) is 5.59. The van der Waals surface area contributed by atoms with Crippen LogP contribution in [0, 0.1) is 5.41 Å². The van der Waals surface area contributed by atoms with E-state index in [-0.39, 0.29) is 11.5 Å². The van der Waals surface area contributed by atoms with Gasteiger partial charge in [-0.1, -0.05) is 44.5 Å². The smallest absolute Gasteiger partial charge is 0.0580 e. The zero-order chi connectivity index (χ0) is 12.2. The Hall–Kier alpha value is -0.530. The molecule has 1 aromatic carbocycles. The van der Waals surface area contributed by atoms with Crippen LogP contribution in [0.1, 0.15) is 39.2 Å². The summed E-state index contributed by atoms with van der Waals surface area (Å²) in [6, 6.07) is 7.70. The number of halogens is 1. The average molecular weight is 241 g/mol. The van der Waals surface area contributed by atoms with E-state index in [9.17, 15) is 5.11 Å². The molecule has 0 aromatic heterocycles. The van der Waals surface area contributed by atoms with Crippen molar-refractivity contribution < 1.29 is 5.11 Å². The fraction of sp³-hybridized carbons (Fsp3) is 0.571. The van der Waals surface area contributed by atoms with Crippen LogP contribution in [0.3, 0.4) is 0 Å². The molecule has 0 aliphatic rings. The van der Waals surface area contributed by atoms with E-state index in [2.05, 4.69) is 20.8 Å². The molecular weight excluding hydrogens is 220 g/mol. The molecule has 0 bridgehead atoms. The minimum atomic E-state index is -0.266. The molecule has 0 amide bonds. The molecule has 0 heterocycles. The van der Waals surface area contributed by atoms with Crippen molar-refractivity contribution in [2.75, 3.05) is 0 Å². The summed E-state index contributed by atoms with van der Waals surface area (Å²) in [6.45, 7) is 6.58. The summed E-state index contributed by atoms with van der Waals surface area (Å²) in [5, 5.41) is 10.7. The molecule has 1 atom stereocenters. The Balaban J connectivity index is 2.43. The fourth-order valence-corrected chi connectivity index (χ4v) is 1.85. The van der Waals surface area contributed by atoms with Gasteiger partial charge in [-0.05, 0) is 42.4 Å². The molecule has 0 saturated heterocycles. The second kappa shape index (κ2) is 5.70. The SMILES string of the molecule is CC(C)(C)CCC(O)Cc1cccc(Cl)c1. The minimum absolute atomic E-state index is 0.266. The number of rotatable bonds is 4. The zero-order valence-corrected chi connectivity index (χ0v) is 11.1. The normalized spacial score (nSPS) is 13.8. The molecule has 1 nitrogen and oxygen atoms in total. The third-order valence-corrected chi connectivity index (χ3v) is 2.82. The predicted octanol–water partition coefficient (Wildman–Crippen LogP) is 4.07. The van der Waals surface area contributed by atoms with Crippen molar-refractivity contribution in [1.82, 2.24) is 0 Å². The van der Waals surface area contributed by atoms with Crippen LogP contribution < -0.4 is 0 Å². The molecule has 90 valence electrons. The topological polar surface area (TPSA) is 20.2 Å². The third kappa shape index (κ3) is 5.53. The van der Waals surface area contributed by atoms with Crippen LogP contribution in [-0.4, -0.2) is 11.2 Å². The summed E-state index contributed by atoms with van der Waals surface area (Å²) in [5.74, 6) is 0. The summed E-state index contributed by atoms with van der Waals surface area (Å²) in [4.78, 5) is 0. The molecule has 16 heavy (non-hydrogen) atoms. The average Bonchev–Trinajstić information content (AvgIpc) is 2.14. The van der Waals surface area contributed by atoms with E-state index in [1.165, 1.54) is 0 Å². The molecule has 1 unspecified atom stereocenters. The maximum Gasteiger partial charge on any atom is 0.0580 e. The minimum Gasteiger partial charge on any atom is -0.393 e. The van der Waals surface area contributed by atoms with Crippen molar-refractivity contribution in [3.8, 4) is 0 Å². The van der Waals surface area contributed by atoms with Crippen LogP contribution in [0.5, 0.6) is 0 Å². The summed E-state index contributed by atoms with van der Waals surface area (Å²) in [7, 11) is 0. The van der Waals surface area contributed by atoms with E-state index in [1.807, 2.05) is 24.3 Å². The van der Waals surface area contributed by atoms with E-state index < -0.39 is 0 Å². The highest BCUT2D eigenvalue weighted by Crippen LogP contribution is 2.23. The Morgan fingerprint density at radius 2 is 2.00 bits per heavy atom. The van der Waals surface area contributed by atoms with E-state index >= 15 is 0 Å². The standard InChI is InChI=1S/C14H21ClO/c1-14(2,3)8-7-13(16)10-11-5-4-6-12(15)9-11/h4-6,9,13,16H,7-8,10H2,1-3H3. The van der Waals surface area contributed by atoms with Gasteiger partial charge in [-0.2, -0.15) is 0 Å². The largest absolute Gasteiger partial charge is 0.393 e. The second-order valence-corrected chi connectivity index (χ2v) is 6.02. The number of aliphatic hydroxyl groups excluding tert-OH is 1. The van der Waals surface area contributed by atoms with E-state index in [0.29, 0.717) is 6.42 Å². The molecule has 0 aliphatic carbocycles. The van der Waals surface area contributed by atoms with Gasteiger partial charge < -0.3 is 5.11 Å². The van der Waals surface area contributed by atoms with Crippen LogP contribution in [0.4, 0.5) is 0 Å². The maximum atomic E-state index is 9.91. The first-order chi connectivity index (χ1) is 7.37. The summed E-state index contributed by atoms with van der Waals surface area (Å²) >= 11 is 5.90. The Morgan fingerprint density at radius 3 is 2.56 bits per heavy atom. The van der Waals surface area contributed by atoms with Gasteiger partial charge in [0.15, 0.2) is 0 Å². The van der Waals surface area contributed by atoms with Crippen LogP contribution in [-0.2, 0) is 6.42 Å². The number of aliphatic hydroxyl groups is 1. The lowest BCUT2D eigenvalue weighted by Crippen LogP contribution is -2.15. The first-order valence-corrected chi connectivity index (χ1v) is 6.17.